The molecule has 0 radical (unpaired) electrons. The number of hydrogen-bond acceptors (Lipinski definition) is 4. The van der Waals surface area contributed by atoms with Gasteiger partial charge in [0.15, 0.2) is 5.78 Å². The summed E-state index contributed by atoms with van der Waals surface area (Å²) in [5.74, 6) is 0.368. The molecule has 0 N–H and O–H groups in total. The number of halogens is 3. The summed E-state index contributed by atoms with van der Waals surface area (Å²) in [6.07, 6.45) is -1.26. The van der Waals surface area contributed by atoms with Gasteiger partial charge in [-0.15, -0.1) is 13.2 Å². The van der Waals surface area contributed by atoms with Crippen LogP contribution in [-0.4, -0.2) is 36.7 Å². The van der Waals surface area contributed by atoms with Crippen molar-refractivity contribution in [3.8, 4) is 11.5 Å². The SMILES string of the molecule is CC(C)=CCOc1ccc(CN2CCC(C(=O)c3ccc(OC(F)(F)F)cc3)CC2)cc1. The number of rotatable bonds is 8. The Morgan fingerprint density at radius 3 is 2.16 bits per heavy atom. The molecule has 0 amide bonds. The number of hydrogen-bond donors (Lipinski definition) is 0. The second kappa shape index (κ2) is 10.7. The number of ether oxygens (including phenoxy) is 2. The smallest absolute Gasteiger partial charge is 0.490 e. The standard InChI is InChI=1S/C25H28F3NO3/c1-18(2)13-16-31-22-7-3-19(4-8-22)17-29-14-11-21(12-15-29)24(30)20-5-9-23(10-6-20)32-25(26,27)28/h3-10,13,21H,11-12,14-17H2,1-2H3. The minimum atomic E-state index is -4.74. The van der Waals surface area contributed by atoms with Gasteiger partial charge in [0, 0.05) is 18.0 Å². The van der Waals surface area contributed by atoms with E-state index >= 15 is 0 Å². The van der Waals surface area contributed by atoms with Gasteiger partial charge in [-0.05, 0) is 87.8 Å². The van der Waals surface area contributed by atoms with Crippen LogP contribution < -0.4 is 9.47 Å². The molecule has 0 aromatic heterocycles. The molecule has 32 heavy (non-hydrogen) atoms. The second-order valence-electron chi connectivity index (χ2n) is 8.22. The van der Waals surface area contributed by atoms with Gasteiger partial charge in [-0.2, -0.15) is 0 Å². The molecule has 172 valence electrons. The van der Waals surface area contributed by atoms with Gasteiger partial charge in [-0.1, -0.05) is 17.7 Å². The first-order valence-corrected chi connectivity index (χ1v) is 10.7. The van der Waals surface area contributed by atoms with E-state index in [4.69, 9.17) is 4.74 Å². The van der Waals surface area contributed by atoms with Crippen molar-refractivity contribution in [2.45, 2.75) is 39.6 Å². The lowest BCUT2D eigenvalue weighted by molar-refractivity contribution is -0.274. The lowest BCUT2D eigenvalue weighted by Crippen LogP contribution is -2.35. The Bertz CT molecular complexity index is 909. The zero-order valence-electron chi connectivity index (χ0n) is 18.3. The predicted molar refractivity (Wildman–Crippen MR) is 117 cm³/mol. The molecule has 0 spiro atoms. The first kappa shape index (κ1) is 23.9. The Balaban J connectivity index is 1.46. The number of nitrogens with zero attached hydrogens (tertiary/aromatic N) is 1. The van der Waals surface area contributed by atoms with Gasteiger partial charge in [0.05, 0.1) is 0 Å². The minimum Gasteiger partial charge on any atom is -0.490 e. The predicted octanol–water partition coefficient (Wildman–Crippen LogP) is 6.03. The molecule has 2 aromatic carbocycles. The maximum atomic E-state index is 12.7. The molecule has 1 aliphatic rings. The van der Waals surface area contributed by atoms with Crippen molar-refractivity contribution in [3.63, 3.8) is 0 Å². The van der Waals surface area contributed by atoms with E-state index < -0.39 is 6.36 Å². The van der Waals surface area contributed by atoms with Gasteiger partial charge in [-0.25, -0.2) is 0 Å². The normalized spacial score (nSPS) is 15.3. The Hall–Kier alpha value is -2.80. The van der Waals surface area contributed by atoms with Crippen LogP contribution in [0.15, 0.2) is 60.2 Å². The summed E-state index contributed by atoms with van der Waals surface area (Å²) in [5, 5.41) is 0. The zero-order chi connectivity index (χ0) is 23.1. The molecule has 4 nitrogen and oxygen atoms in total. The van der Waals surface area contributed by atoms with Crippen LogP contribution in [0, 0.1) is 5.92 Å². The summed E-state index contributed by atoms with van der Waals surface area (Å²) in [6, 6.07) is 13.2. The summed E-state index contributed by atoms with van der Waals surface area (Å²) in [6.45, 7) is 7.02. The zero-order valence-corrected chi connectivity index (χ0v) is 18.3. The van der Waals surface area contributed by atoms with Crippen molar-refractivity contribution >= 4 is 5.78 Å². The Morgan fingerprint density at radius 1 is 1.00 bits per heavy atom. The molecular weight excluding hydrogens is 419 g/mol. The number of allylic oxidation sites excluding steroid dienone is 1. The monoisotopic (exact) mass is 447 g/mol. The molecule has 0 bridgehead atoms. The molecule has 0 aliphatic carbocycles. The van der Waals surface area contributed by atoms with E-state index in [2.05, 4.69) is 21.8 Å². The van der Waals surface area contributed by atoms with Gasteiger partial charge < -0.3 is 9.47 Å². The van der Waals surface area contributed by atoms with Crippen molar-refractivity contribution in [1.82, 2.24) is 4.90 Å². The van der Waals surface area contributed by atoms with Crippen molar-refractivity contribution in [2.24, 2.45) is 5.92 Å². The maximum absolute atomic E-state index is 12.7. The fourth-order valence-corrected chi connectivity index (χ4v) is 3.66. The van der Waals surface area contributed by atoms with E-state index in [-0.39, 0.29) is 17.5 Å². The quantitative estimate of drug-likeness (QED) is 0.366. The molecule has 0 atom stereocenters. The van der Waals surface area contributed by atoms with Gasteiger partial charge in [-0.3, -0.25) is 9.69 Å². The lowest BCUT2D eigenvalue weighted by Gasteiger charge is -2.31. The third-order valence-corrected chi connectivity index (χ3v) is 5.40. The number of benzene rings is 2. The highest BCUT2D eigenvalue weighted by Gasteiger charge is 2.31. The first-order chi connectivity index (χ1) is 15.2. The Morgan fingerprint density at radius 2 is 1.59 bits per heavy atom. The summed E-state index contributed by atoms with van der Waals surface area (Å²) in [4.78, 5) is 15.0. The molecule has 0 unspecified atom stereocenters. The van der Waals surface area contributed by atoms with Crippen molar-refractivity contribution < 1.29 is 27.4 Å². The number of carbonyl (C=O) groups excluding carboxylic acids is 1. The Labute approximate surface area is 186 Å². The molecule has 0 saturated carbocycles. The van der Waals surface area contributed by atoms with Crippen LogP contribution in [0.1, 0.15) is 42.6 Å². The van der Waals surface area contributed by atoms with E-state index in [1.165, 1.54) is 35.4 Å². The highest BCUT2D eigenvalue weighted by Crippen LogP contribution is 2.26. The topological polar surface area (TPSA) is 38.8 Å². The highest BCUT2D eigenvalue weighted by molar-refractivity contribution is 5.98. The minimum absolute atomic E-state index is 0.0268. The average Bonchev–Trinajstić information content (AvgIpc) is 2.74. The van der Waals surface area contributed by atoms with Crippen LogP contribution in [-0.2, 0) is 6.54 Å². The van der Waals surface area contributed by atoms with Crippen molar-refractivity contribution in [1.29, 1.82) is 0 Å². The van der Waals surface area contributed by atoms with Crippen LogP contribution in [0.5, 0.6) is 11.5 Å². The fourth-order valence-electron chi connectivity index (χ4n) is 3.66. The van der Waals surface area contributed by atoms with Crippen molar-refractivity contribution in [3.05, 3.63) is 71.3 Å². The van der Waals surface area contributed by atoms with Crippen LogP contribution in [0.25, 0.3) is 0 Å². The molecule has 7 heteroatoms. The van der Waals surface area contributed by atoms with E-state index in [0.717, 1.165) is 38.2 Å². The van der Waals surface area contributed by atoms with E-state index in [0.29, 0.717) is 12.2 Å². The van der Waals surface area contributed by atoms with Gasteiger partial charge >= 0.3 is 6.36 Å². The van der Waals surface area contributed by atoms with Gasteiger partial charge in [0.25, 0.3) is 0 Å². The molecular formula is C25H28F3NO3. The van der Waals surface area contributed by atoms with Crippen LogP contribution in [0.4, 0.5) is 13.2 Å². The highest BCUT2D eigenvalue weighted by atomic mass is 19.4. The van der Waals surface area contributed by atoms with Crippen molar-refractivity contribution in [2.75, 3.05) is 19.7 Å². The summed E-state index contributed by atoms with van der Waals surface area (Å²) in [7, 11) is 0. The molecule has 1 heterocycles. The fraction of sp³-hybridized carbons (Fsp3) is 0.400. The summed E-state index contributed by atoms with van der Waals surface area (Å²) < 4.78 is 46.4. The van der Waals surface area contributed by atoms with Crippen LogP contribution in [0.2, 0.25) is 0 Å². The second-order valence-corrected chi connectivity index (χ2v) is 8.22. The molecule has 1 fully saturated rings. The summed E-state index contributed by atoms with van der Waals surface area (Å²) >= 11 is 0. The van der Waals surface area contributed by atoms with Gasteiger partial charge in [0.2, 0.25) is 0 Å². The van der Waals surface area contributed by atoms with Gasteiger partial charge in [0.1, 0.15) is 18.1 Å². The average molecular weight is 447 g/mol. The number of ketones is 1. The molecule has 1 aliphatic heterocycles. The third kappa shape index (κ3) is 7.41. The largest absolute Gasteiger partial charge is 0.573 e. The number of alkyl halides is 3. The number of carbonyl (C=O) groups is 1. The lowest BCUT2D eigenvalue weighted by atomic mass is 9.88. The molecule has 1 saturated heterocycles. The molecule has 3 rings (SSSR count). The number of likely N-dealkylation sites (tertiary alicyclic amines) is 1. The van der Waals surface area contributed by atoms with Crippen LogP contribution in [0.3, 0.4) is 0 Å². The third-order valence-electron chi connectivity index (χ3n) is 5.40. The van der Waals surface area contributed by atoms with Crippen LogP contribution >= 0.6 is 0 Å². The van der Waals surface area contributed by atoms with E-state index in [1.54, 1.807) is 0 Å². The van der Waals surface area contributed by atoms with E-state index in [9.17, 15) is 18.0 Å². The number of Topliss-reactive ketones (excluding diaryl/α,β-unsaturated/α-hetero) is 1. The summed E-state index contributed by atoms with van der Waals surface area (Å²) in [5.41, 5.74) is 2.82. The molecule has 2 aromatic rings. The Kier molecular flexibility index (Phi) is 7.96. The number of piperidine rings is 1. The van der Waals surface area contributed by atoms with E-state index in [1.807, 2.05) is 32.1 Å². The first-order valence-electron chi connectivity index (χ1n) is 10.7. The maximum Gasteiger partial charge on any atom is 0.573 e.